The van der Waals surface area contributed by atoms with Crippen LogP contribution < -0.4 is 0 Å². The van der Waals surface area contributed by atoms with Crippen molar-refractivity contribution in [1.82, 2.24) is 4.31 Å². The van der Waals surface area contributed by atoms with Crippen LogP contribution in [0.4, 0.5) is 4.39 Å². The van der Waals surface area contributed by atoms with Crippen LogP contribution in [0.5, 0.6) is 0 Å². The van der Waals surface area contributed by atoms with E-state index in [0.717, 1.165) is 6.07 Å². The van der Waals surface area contributed by atoms with Gasteiger partial charge >= 0.3 is 0 Å². The van der Waals surface area contributed by atoms with Gasteiger partial charge in [0.05, 0.1) is 17.1 Å². The molecule has 1 aliphatic rings. The van der Waals surface area contributed by atoms with E-state index in [9.17, 15) is 12.8 Å². The van der Waals surface area contributed by atoms with Crippen LogP contribution in [0.15, 0.2) is 23.1 Å². The molecule has 0 amide bonds. The standard InChI is InChI=1S/C13H17ClFNO3S/c1-9-7-16(8-10(2)19-9)20(17,18)13-5-12(15)4-3-11(13)6-14/h3-5,9-10H,6-8H2,1-2H3/t9-,10+. The predicted octanol–water partition coefficient (Wildman–Crippen LogP) is 2.36. The number of hydrogen-bond acceptors (Lipinski definition) is 3. The largest absolute Gasteiger partial charge is 0.373 e. The molecule has 1 saturated heterocycles. The highest BCUT2D eigenvalue weighted by Crippen LogP contribution is 2.25. The molecular formula is C13H17ClFNO3S. The minimum atomic E-state index is -3.76. The zero-order chi connectivity index (χ0) is 14.9. The average Bonchev–Trinajstić information content (AvgIpc) is 2.37. The number of benzene rings is 1. The summed E-state index contributed by atoms with van der Waals surface area (Å²) in [6.45, 7) is 4.13. The Labute approximate surface area is 123 Å². The molecule has 0 spiro atoms. The van der Waals surface area contributed by atoms with Gasteiger partial charge in [-0.3, -0.25) is 0 Å². The van der Waals surface area contributed by atoms with Gasteiger partial charge in [0.2, 0.25) is 10.0 Å². The Morgan fingerprint density at radius 1 is 1.35 bits per heavy atom. The second-order valence-electron chi connectivity index (χ2n) is 4.97. The first kappa shape index (κ1) is 15.7. The fourth-order valence-electron chi connectivity index (χ4n) is 2.34. The second-order valence-corrected chi connectivity index (χ2v) is 7.14. The summed E-state index contributed by atoms with van der Waals surface area (Å²) in [5, 5.41) is 0. The number of hydrogen-bond donors (Lipinski definition) is 0. The molecule has 0 N–H and O–H groups in total. The third-order valence-electron chi connectivity index (χ3n) is 3.18. The van der Waals surface area contributed by atoms with Crippen LogP contribution in [-0.2, 0) is 20.6 Å². The van der Waals surface area contributed by atoms with E-state index in [1.54, 1.807) is 0 Å². The molecule has 0 aromatic heterocycles. The van der Waals surface area contributed by atoms with Crippen molar-refractivity contribution in [3.05, 3.63) is 29.6 Å². The molecule has 1 aliphatic heterocycles. The minimum absolute atomic E-state index is 0.0181. The van der Waals surface area contributed by atoms with Crippen LogP contribution in [0.25, 0.3) is 0 Å². The van der Waals surface area contributed by atoms with Gasteiger partial charge in [-0.1, -0.05) is 6.07 Å². The first-order valence-corrected chi connectivity index (χ1v) is 8.32. The zero-order valence-electron chi connectivity index (χ0n) is 11.3. The van der Waals surface area contributed by atoms with Crippen molar-refractivity contribution in [2.75, 3.05) is 13.1 Å². The summed E-state index contributed by atoms with van der Waals surface area (Å²) in [5.74, 6) is -0.573. The molecular weight excluding hydrogens is 305 g/mol. The Hall–Kier alpha value is -0.690. The van der Waals surface area contributed by atoms with E-state index in [2.05, 4.69) is 0 Å². The van der Waals surface area contributed by atoms with E-state index in [4.69, 9.17) is 16.3 Å². The average molecular weight is 322 g/mol. The van der Waals surface area contributed by atoms with Crippen LogP contribution in [0.2, 0.25) is 0 Å². The molecule has 0 aliphatic carbocycles. The van der Waals surface area contributed by atoms with E-state index in [0.29, 0.717) is 5.56 Å². The van der Waals surface area contributed by atoms with E-state index >= 15 is 0 Å². The molecule has 4 nitrogen and oxygen atoms in total. The Morgan fingerprint density at radius 3 is 2.50 bits per heavy atom. The molecule has 1 aromatic carbocycles. The first-order chi connectivity index (χ1) is 9.34. The van der Waals surface area contributed by atoms with Gasteiger partial charge in [0.1, 0.15) is 5.82 Å². The summed E-state index contributed by atoms with van der Waals surface area (Å²) in [5.41, 5.74) is 0.403. The number of rotatable bonds is 3. The molecule has 0 radical (unpaired) electrons. The van der Waals surface area contributed by atoms with Crippen molar-refractivity contribution >= 4 is 21.6 Å². The molecule has 1 heterocycles. The number of halogens is 2. The molecule has 112 valence electrons. The van der Waals surface area contributed by atoms with Crippen molar-refractivity contribution < 1.29 is 17.5 Å². The molecule has 1 fully saturated rings. The van der Waals surface area contributed by atoms with Gasteiger partial charge in [-0.2, -0.15) is 4.31 Å². The highest BCUT2D eigenvalue weighted by molar-refractivity contribution is 7.89. The third kappa shape index (κ3) is 3.14. The van der Waals surface area contributed by atoms with Gasteiger partial charge in [-0.15, -0.1) is 11.6 Å². The van der Waals surface area contributed by atoms with E-state index < -0.39 is 15.8 Å². The van der Waals surface area contributed by atoms with E-state index in [-0.39, 0.29) is 36.1 Å². The second kappa shape index (κ2) is 5.97. The van der Waals surface area contributed by atoms with Crippen molar-refractivity contribution in [2.24, 2.45) is 0 Å². The summed E-state index contributed by atoms with van der Waals surface area (Å²) in [7, 11) is -3.76. The monoisotopic (exact) mass is 321 g/mol. The Morgan fingerprint density at radius 2 is 1.95 bits per heavy atom. The summed E-state index contributed by atoms with van der Waals surface area (Å²) < 4.78 is 45.5. The Kier molecular flexibility index (Phi) is 4.69. The smallest absolute Gasteiger partial charge is 0.243 e. The van der Waals surface area contributed by atoms with Gasteiger partial charge in [-0.25, -0.2) is 12.8 Å². The lowest BCUT2D eigenvalue weighted by Crippen LogP contribution is -2.48. The third-order valence-corrected chi connectivity index (χ3v) is 5.38. The molecule has 2 rings (SSSR count). The Bertz CT molecular complexity index is 583. The maximum absolute atomic E-state index is 13.4. The highest BCUT2D eigenvalue weighted by Gasteiger charge is 2.33. The van der Waals surface area contributed by atoms with Crippen LogP contribution in [0, 0.1) is 5.82 Å². The predicted molar refractivity (Wildman–Crippen MR) is 74.7 cm³/mol. The molecule has 7 heteroatoms. The van der Waals surface area contributed by atoms with Gasteiger partial charge in [0.25, 0.3) is 0 Å². The molecule has 0 bridgehead atoms. The normalized spacial score (nSPS) is 24.8. The number of ether oxygens (including phenoxy) is 1. The summed E-state index contributed by atoms with van der Waals surface area (Å²) in [6, 6.07) is 3.64. The van der Waals surface area contributed by atoms with Crippen LogP contribution in [-0.4, -0.2) is 38.0 Å². The molecule has 0 unspecified atom stereocenters. The van der Waals surface area contributed by atoms with Crippen LogP contribution >= 0.6 is 11.6 Å². The molecule has 0 saturated carbocycles. The van der Waals surface area contributed by atoms with Crippen molar-refractivity contribution in [2.45, 2.75) is 36.8 Å². The lowest BCUT2D eigenvalue weighted by atomic mass is 10.2. The van der Waals surface area contributed by atoms with Gasteiger partial charge < -0.3 is 4.74 Å². The summed E-state index contributed by atoms with van der Waals surface area (Å²) >= 11 is 5.76. The fraction of sp³-hybridized carbons (Fsp3) is 0.538. The number of alkyl halides is 1. The topological polar surface area (TPSA) is 46.6 Å². The summed E-state index contributed by atoms with van der Waals surface area (Å²) in [6.07, 6.45) is -0.386. The lowest BCUT2D eigenvalue weighted by Gasteiger charge is -2.34. The molecule has 20 heavy (non-hydrogen) atoms. The Balaban J connectivity index is 2.42. The van der Waals surface area contributed by atoms with Gasteiger partial charge in [0, 0.05) is 19.0 Å². The highest BCUT2D eigenvalue weighted by atomic mass is 35.5. The van der Waals surface area contributed by atoms with Crippen molar-refractivity contribution in [1.29, 1.82) is 0 Å². The maximum Gasteiger partial charge on any atom is 0.243 e. The maximum atomic E-state index is 13.4. The minimum Gasteiger partial charge on any atom is -0.373 e. The van der Waals surface area contributed by atoms with Gasteiger partial charge in [0.15, 0.2) is 0 Å². The van der Waals surface area contributed by atoms with Crippen LogP contribution in [0.1, 0.15) is 19.4 Å². The van der Waals surface area contributed by atoms with Crippen molar-refractivity contribution in [3.8, 4) is 0 Å². The fourth-order valence-corrected chi connectivity index (χ4v) is 4.48. The molecule has 2 atom stereocenters. The number of nitrogens with zero attached hydrogens (tertiary/aromatic N) is 1. The first-order valence-electron chi connectivity index (χ1n) is 6.34. The van der Waals surface area contributed by atoms with Crippen LogP contribution in [0.3, 0.4) is 0 Å². The SMILES string of the molecule is C[C@@H]1CN(S(=O)(=O)c2cc(F)ccc2CCl)C[C@H](C)O1. The van der Waals surface area contributed by atoms with E-state index in [1.165, 1.54) is 16.4 Å². The zero-order valence-corrected chi connectivity index (χ0v) is 12.9. The summed E-state index contributed by atoms with van der Waals surface area (Å²) in [4.78, 5) is -0.0613. The molecule has 1 aromatic rings. The quantitative estimate of drug-likeness (QED) is 0.803. The lowest BCUT2D eigenvalue weighted by molar-refractivity contribution is -0.0441. The number of morpholine rings is 1. The van der Waals surface area contributed by atoms with Gasteiger partial charge in [-0.05, 0) is 31.5 Å². The number of sulfonamides is 1. The van der Waals surface area contributed by atoms with E-state index in [1.807, 2.05) is 13.8 Å². The van der Waals surface area contributed by atoms with Crippen molar-refractivity contribution in [3.63, 3.8) is 0 Å².